The summed E-state index contributed by atoms with van der Waals surface area (Å²) in [5, 5.41) is 6.85. The Morgan fingerprint density at radius 3 is 2.56 bits per heavy atom. The SMILES string of the molecule is CN=C(NCC1CCN(C)C1)NCC1CC(=O)N(CCc2ccccc2)C1. The van der Waals surface area contributed by atoms with Gasteiger partial charge in [-0.05, 0) is 37.9 Å². The molecule has 1 aromatic carbocycles. The second-order valence-electron chi connectivity index (χ2n) is 7.90. The van der Waals surface area contributed by atoms with E-state index in [4.69, 9.17) is 0 Å². The average Bonchev–Trinajstić information content (AvgIpc) is 3.26. The Morgan fingerprint density at radius 2 is 1.89 bits per heavy atom. The Bertz CT molecular complexity index is 633. The van der Waals surface area contributed by atoms with Crippen LogP contribution in [0.25, 0.3) is 0 Å². The molecule has 148 valence electrons. The normalized spacial score (nSPS) is 23.9. The highest BCUT2D eigenvalue weighted by Gasteiger charge is 2.29. The topological polar surface area (TPSA) is 60.0 Å². The maximum absolute atomic E-state index is 12.3. The first kappa shape index (κ1) is 19.7. The van der Waals surface area contributed by atoms with E-state index in [9.17, 15) is 4.79 Å². The standard InChI is InChI=1S/C21H33N5O/c1-22-21(23-13-18-8-10-25(2)15-18)24-14-19-12-20(27)26(16-19)11-9-17-6-4-3-5-7-17/h3-7,18-19H,8-16H2,1-2H3,(H2,22,23,24). The Labute approximate surface area is 163 Å². The molecule has 1 amide bonds. The molecule has 2 heterocycles. The van der Waals surface area contributed by atoms with Gasteiger partial charge in [-0.2, -0.15) is 0 Å². The highest BCUT2D eigenvalue weighted by Crippen LogP contribution is 2.18. The van der Waals surface area contributed by atoms with E-state index >= 15 is 0 Å². The van der Waals surface area contributed by atoms with Gasteiger partial charge in [0.25, 0.3) is 0 Å². The fraction of sp³-hybridized carbons (Fsp3) is 0.619. The third-order valence-corrected chi connectivity index (χ3v) is 5.64. The molecule has 0 spiro atoms. The Morgan fingerprint density at radius 1 is 1.15 bits per heavy atom. The molecule has 2 aliphatic rings. The molecule has 6 heteroatoms. The molecule has 2 fully saturated rings. The number of rotatable bonds is 7. The van der Waals surface area contributed by atoms with Crippen LogP contribution in [-0.2, 0) is 11.2 Å². The fourth-order valence-electron chi connectivity index (χ4n) is 4.01. The molecule has 2 saturated heterocycles. The Hall–Kier alpha value is -2.08. The van der Waals surface area contributed by atoms with Crippen molar-refractivity contribution < 1.29 is 4.79 Å². The first-order valence-corrected chi connectivity index (χ1v) is 10.1. The van der Waals surface area contributed by atoms with Crippen LogP contribution in [0.4, 0.5) is 0 Å². The van der Waals surface area contributed by atoms with Gasteiger partial charge in [0.15, 0.2) is 5.96 Å². The van der Waals surface area contributed by atoms with Crippen LogP contribution in [0.15, 0.2) is 35.3 Å². The zero-order valence-corrected chi connectivity index (χ0v) is 16.7. The van der Waals surface area contributed by atoms with E-state index in [1.165, 1.54) is 18.5 Å². The van der Waals surface area contributed by atoms with Gasteiger partial charge in [0.05, 0.1) is 0 Å². The van der Waals surface area contributed by atoms with Crippen molar-refractivity contribution in [3.05, 3.63) is 35.9 Å². The molecule has 0 saturated carbocycles. The summed E-state index contributed by atoms with van der Waals surface area (Å²) in [5.74, 6) is 2.16. The summed E-state index contributed by atoms with van der Waals surface area (Å²) in [7, 11) is 3.98. The van der Waals surface area contributed by atoms with Crippen LogP contribution in [0.5, 0.6) is 0 Å². The van der Waals surface area contributed by atoms with Gasteiger partial charge in [-0.1, -0.05) is 30.3 Å². The zero-order valence-electron chi connectivity index (χ0n) is 16.7. The van der Waals surface area contributed by atoms with E-state index in [0.717, 1.165) is 45.1 Å². The zero-order chi connectivity index (χ0) is 19.1. The lowest BCUT2D eigenvalue weighted by Crippen LogP contribution is -2.42. The number of carbonyl (C=O) groups is 1. The monoisotopic (exact) mass is 371 g/mol. The Kier molecular flexibility index (Phi) is 7.10. The number of amides is 1. The molecule has 27 heavy (non-hydrogen) atoms. The van der Waals surface area contributed by atoms with E-state index in [0.29, 0.717) is 18.3 Å². The van der Waals surface area contributed by atoms with Crippen molar-refractivity contribution >= 4 is 11.9 Å². The Balaban J connectivity index is 1.37. The van der Waals surface area contributed by atoms with Crippen molar-refractivity contribution in [2.75, 3.05) is 53.4 Å². The predicted molar refractivity (Wildman–Crippen MR) is 110 cm³/mol. The largest absolute Gasteiger partial charge is 0.356 e. The summed E-state index contributed by atoms with van der Waals surface area (Å²) in [6.45, 7) is 5.72. The quantitative estimate of drug-likeness (QED) is 0.558. The molecular formula is C21H33N5O. The van der Waals surface area contributed by atoms with Crippen LogP contribution in [0.1, 0.15) is 18.4 Å². The van der Waals surface area contributed by atoms with E-state index in [-0.39, 0.29) is 5.91 Å². The number of guanidine groups is 1. The van der Waals surface area contributed by atoms with Crippen LogP contribution >= 0.6 is 0 Å². The van der Waals surface area contributed by atoms with Gasteiger partial charge in [-0.15, -0.1) is 0 Å². The smallest absolute Gasteiger partial charge is 0.223 e. The third-order valence-electron chi connectivity index (χ3n) is 5.64. The third kappa shape index (κ3) is 5.96. The molecule has 6 nitrogen and oxygen atoms in total. The van der Waals surface area contributed by atoms with Gasteiger partial charge < -0.3 is 20.4 Å². The molecular weight excluding hydrogens is 338 g/mol. The van der Waals surface area contributed by atoms with Gasteiger partial charge in [0.2, 0.25) is 5.91 Å². The summed E-state index contributed by atoms with van der Waals surface area (Å²) in [4.78, 5) is 21.0. The van der Waals surface area contributed by atoms with Crippen LogP contribution in [0.3, 0.4) is 0 Å². The number of nitrogens with one attached hydrogen (secondary N) is 2. The number of hydrogen-bond acceptors (Lipinski definition) is 3. The van der Waals surface area contributed by atoms with Crippen LogP contribution < -0.4 is 10.6 Å². The molecule has 0 radical (unpaired) electrons. The average molecular weight is 372 g/mol. The highest BCUT2D eigenvalue weighted by molar-refractivity contribution is 5.80. The number of carbonyl (C=O) groups excluding carboxylic acids is 1. The van der Waals surface area contributed by atoms with E-state index in [1.54, 1.807) is 0 Å². The van der Waals surface area contributed by atoms with Crippen molar-refractivity contribution in [1.82, 2.24) is 20.4 Å². The summed E-state index contributed by atoms with van der Waals surface area (Å²) in [5.41, 5.74) is 1.29. The van der Waals surface area contributed by atoms with Crippen molar-refractivity contribution in [1.29, 1.82) is 0 Å². The molecule has 0 aromatic heterocycles. The molecule has 2 aliphatic heterocycles. The van der Waals surface area contributed by atoms with Crippen LogP contribution in [0, 0.1) is 11.8 Å². The predicted octanol–water partition coefficient (Wildman–Crippen LogP) is 1.19. The second-order valence-corrected chi connectivity index (χ2v) is 7.90. The van der Waals surface area contributed by atoms with Gasteiger partial charge in [0.1, 0.15) is 0 Å². The van der Waals surface area contributed by atoms with Crippen molar-refractivity contribution in [3.8, 4) is 0 Å². The molecule has 0 aliphatic carbocycles. The maximum atomic E-state index is 12.3. The number of likely N-dealkylation sites (tertiary alicyclic amines) is 2. The lowest BCUT2D eigenvalue weighted by molar-refractivity contribution is -0.127. The number of hydrogen-bond donors (Lipinski definition) is 2. The first-order chi connectivity index (χ1) is 13.1. The molecule has 1 aromatic rings. The van der Waals surface area contributed by atoms with E-state index in [1.807, 2.05) is 18.0 Å². The van der Waals surface area contributed by atoms with E-state index in [2.05, 4.69) is 51.8 Å². The summed E-state index contributed by atoms with van der Waals surface area (Å²) in [6, 6.07) is 10.4. The lowest BCUT2D eigenvalue weighted by Gasteiger charge is -2.19. The minimum Gasteiger partial charge on any atom is -0.356 e. The summed E-state index contributed by atoms with van der Waals surface area (Å²) in [6.07, 6.45) is 2.80. The van der Waals surface area contributed by atoms with E-state index < -0.39 is 0 Å². The van der Waals surface area contributed by atoms with Crippen molar-refractivity contribution in [2.45, 2.75) is 19.3 Å². The second kappa shape index (κ2) is 9.74. The molecule has 2 atom stereocenters. The number of aliphatic imine (C=N–C) groups is 1. The van der Waals surface area contributed by atoms with Crippen molar-refractivity contribution in [2.24, 2.45) is 16.8 Å². The van der Waals surface area contributed by atoms with Gasteiger partial charge in [-0.3, -0.25) is 9.79 Å². The molecule has 0 bridgehead atoms. The van der Waals surface area contributed by atoms with Gasteiger partial charge >= 0.3 is 0 Å². The first-order valence-electron chi connectivity index (χ1n) is 10.1. The lowest BCUT2D eigenvalue weighted by atomic mass is 10.1. The number of benzene rings is 1. The maximum Gasteiger partial charge on any atom is 0.223 e. The van der Waals surface area contributed by atoms with Crippen LogP contribution in [-0.4, -0.2) is 75.0 Å². The van der Waals surface area contributed by atoms with Crippen molar-refractivity contribution in [3.63, 3.8) is 0 Å². The van der Waals surface area contributed by atoms with Crippen LogP contribution in [0.2, 0.25) is 0 Å². The van der Waals surface area contributed by atoms with Gasteiger partial charge in [-0.25, -0.2) is 0 Å². The molecule has 2 N–H and O–H groups in total. The summed E-state index contributed by atoms with van der Waals surface area (Å²) >= 11 is 0. The van der Waals surface area contributed by atoms with Gasteiger partial charge in [0, 0.05) is 52.1 Å². The fourth-order valence-corrected chi connectivity index (χ4v) is 4.01. The molecule has 2 unspecified atom stereocenters. The molecule has 3 rings (SSSR count). The minimum atomic E-state index is 0.273. The number of nitrogens with zero attached hydrogens (tertiary/aromatic N) is 3. The minimum absolute atomic E-state index is 0.273. The highest BCUT2D eigenvalue weighted by atomic mass is 16.2. The summed E-state index contributed by atoms with van der Waals surface area (Å²) < 4.78 is 0.